The molecule has 3 aromatic rings. The molecule has 0 radical (unpaired) electrons. The Labute approximate surface area is 183 Å². The van der Waals surface area contributed by atoms with E-state index in [1.165, 1.54) is 5.56 Å². The minimum atomic E-state index is -0.126. The van der Waals surface area contributed by atoms with E-state index >= 15 is 0 Å². The third kappa shape index (κ3) is 5.94. The molecular weight excluding hydrogens is 388 g/mol. The summed E-state index contributed by atoms with van der Waals surface area (Å²) in [5, 5.41) is 13.8. The third-order valence-corrected chi connectivity index (χ3v) is 4.93. The SMILES string of the molecule is CCc1cccc(NC(=O)CNC(=NC)NCc2ccccc2-n2nc(C)cc2C)c1. The van der Waals surface area contributed by atoms with E-state index in [1.54, 1.807) is 7.05 Å². The van der Waals surface area contributed by atoms with Gasteiger partial charge in [-0.15, -0.1) is 0 Å². The highest BCUT2D eigenvalue weighted by Crippen LogP contribution is 2.17. The predicted octanol–water partition coefficient (Wildman–Crippen LogP) is 3.36. The number of rotatable bonds is 7. The van der Waals surface area contributed by atoms with Crippen LogP contribution < -0.4 is 16.0 Å². The zero-order valence-electron chi connectivity index (χ0n) is 18.6. The van der Waals surface area contributed by atoms with Gasteiger partial charge in [-0.2, -0.15) is 5.10 Å². The number of carbonyl (C=O) groups is 1. The molecule has 0 aliphatic carbocycles. The van der Waals surface area contributed by atoms with Crippen molar-refractivity contribution in [3.63, 3.8) is 0 Å². The van der Waals surface area contributed by atoms with Gasteiger partial charge in [0.1, 0.15) is 0 Å². The molecule has 0 saturated carbocycles. The Morgan fingerprint density at radius 3 is 2.58 bits per heavy atom. The van der Waals surface area contributed by atoms with Gasteiger partial charge in [0.2, 0.25) is 5.91 Å². The van der Waals surface area contributed by atoms with E-state index in [0.717, 1.165) is 34.7 Å². The van der Waals surface area contributed by atoms with Crippen LogP contribution in [0.5, 0.6) is 0 Å². The summed E-state index contributed by atoms with van der Waals surface area (Å²) in [6.07, 6.45) is 0.928. The summed E-state index contributed by atoms with van der Waals surface area (Å²) in [7, 11) is 1.69. The standard InChI is InChI=1S/C24H30N6O/c1-5-19-9-8-11-21(14-19)28-23(31)16-27-24(25-4)26-15-20-10-6-7-12-22(20)30-18(3)13-17(2)29-30/h6-14H,5,15-16H2,1-4H3,(H,28,31)(H2,25,26,27). The van der Waals surface area contributed by atoms with Gasteiger partial charge < -0.3 is 16.0 Å². The Bertz CT molecular complexity index is 1070. The Balaban J connectivity index is 1.58. The second-order valence-corrected chi connectivity index (χ2v) is 7.35. The van der Waals surface area contributed by atoms with E-state index in [4.69, 9.17) is 0 Å². The first-order valence-corrected chi connectivity index (χ1v) is 10.4. The molecule has 0 spiro atoms. The van der Waals surface area contributed by atoms with Gasteiger partial charge in [-0.1, -0.05) is 37.3 Å². The number of benzene rings is 2. The molecule has 1 amide bonds. The molecule has 0 aliphatic heterocycles. The molecule has 0 bridgehead atoms. The van der Waals surface area contributed by atoms with Crippen LogP contribution in [0.1, 0.15) is 29.4 Å². The van der Waals surface area contributed by atoms with Crippen molar-refractivity contribution >= 4 is 17.6 Å². The van der Waals surface area contributed by atoms with E-state index in [9.17, 15) is 4.79 Å². The zero-order chi connectivity index (χ0) is 22.2. The number of guanidine groups is 1. The quantitative estimate of drug-likeness (QED) is 0.406. The maximum atomic E-state index is 12.3. The van der Waals surface area contributed by atoms with E-state index in [-0.39, 0.29) is 12.5 Å². The van der Waals surface area contributed by atoms with Gasteiger partial charge >= 0.3 is 0 Å². The van der Waals surface area contributed by atoms with Gasteiger partial charge in [-0.05, 0) is 55.7 Å². The van der Waals surface area contributed by atoms with E-state index in [0.29, 0.717) is 12.5 Å². The van der Waals surface area contributed by atoms with Crippen LogP contribution in [-0.2, 0) is 17.8 Å². The number of amides is 1. The average molecular weight is 419 g/mol. The number of anilines is 1. The monoisotopic (exact) mass is 418 g/mol. The van der Waals surface area contributed by atoms with E-state index in [2.05, 4.69) is 45.1 Å². The van der Waals surface area contributed by atoms with Gasteiger partial charge in [0.15, 0.2) is 5.96 Å². The molecule has 31 heavy (non-hydrogen) atoms. The number of para-hydroxylation sites is 1. The molecule has 7 heteroatoms. The third-order valence-electron chi connectivity index (χ3n) is 4.93. The summed E-state index contributed by atoms with van der Waals surface area (Å²) >= 11 is 0. The fourth-order valence-corrected chi connectivity index (χ4v) is 3.38. The normalized spacial score (nSPS) is 11.3. The minimum absolute atomic E-state index is 0.120. The van der Waals surface area contributed by atoms with Crippen LogP contribution in [0.25, 0.3) is 5.69 Å². The van der Waals surface area contributed by atoms with Crippen molar-refractivity contribution < 1.29 is 4.79 Å². The lowest BCUT2D eigenvalue weighted by molar-refractivity contribution is -0.115. The first-order valence-electron chi connectivity index (χ1n) is 10.4. The van der Waals surface area contributed by atoms with Crippen molar-refractivity contribution in [3.8, 4) is 5.69 Å². The molecule has 0 fully saturated rings. The largest absolute Gasteiger partial charge is 0.352 e. The molecule has 3 rings (SSSR count). The lowest BCUT2D eigenvalue weighted by atomic mass is 10.1. The smallest absolute Gasteiger partial charge is 0.243 e. The van der Waals surface area contributed by atoms with Crippen molar-refractivity contribution in [2.24, 2.45) is 4.99 Å². The van der Waals surface area contributed by atoms with Crippen LogP contribution in [0.2, 0.25) is 0 Å². The fraction of sp³-hybridized carbons (Fsp3) is 0.292. The highest BCUT2D eigenvalue weighted by atomic mass is 16.1. The van der Waals surface area contributed by atoms with Crippen molar-refractivity contribution in [2.75, 3.05) is 18.9 Å². The van der Waals surface area contributed by atoms with Crippen LogP contribution >= 0.6 is 0 Å². The summed E-state index contributed by atoms with van der Waals surface area (Å²) in [6.45, 7) is 6.79. The second kappa shape index (κ2) is 10.4. The number of aromatic nitrogens is 2. The van der Waals surface area contributed by atoms with Crippen molar-refractivity contribution in [3.05, 3.63) is 77.1 Å². The van der Waals surface area contributed by atoms with Crippen LogP contribution in [0.15, 0.2) is 59.6 Å². The highest BCUT2D eigenvalue weighted by Gasteiger charge is 2.10. The molecule has 2 aromatic carbocycles. The van der Waals surface area contributed by atoms with Crippen molar-refractivity contribution in [1.29, 1.82) is 0 Å². The summed E-state index contributed by atoms with van der Waals surface area (Å²) in [6, 6.07) is 18.0. The summed E-state index contributed by atoms with van der Waals surface area (Å²) in [5.41, 5.74) is 6.14. The number of hydrogen-bond acceptors (Lipinski definition) is 3. The summed E-state index contributed by atoms with van der Waals surface area (Å²) in [5.74, 6) is 0.430. The van der Waals surface area contributed by atoms with Crippen LogP contribution in [0, 0.1) is 13.8 Å². The molecule has 3 N–H and O–H groups in total. The van der Waals surface area contributed by atoms with Gasteiger partial charge in [0.05, 0.1) is 17.9 Å². The number of nitrogens with one attached hydrogen (secondary N) is 3. The first-order chi connectivity index (χ1) is 15.0. The summed E-state index contributed by atoms with van der Waals surface area (Å²) in [4.78, 5) is 16.5. The number of nitrogens with zero attached hydrogens (tertiary/aromatic N) is 3. The Morgan fingerprint density at radius 2 is 1.87 bits per heavy atom. The number of aryl methyl sites for hydroxylation is 3. The van der Waals surface area contributed by atoms with Crippen LogP contribution in [0.4, 0.5) is 5.69 Å². The fourth-order valence-electron chi connectivity index (χ4n) is 3.38. The Morgan fingerprint density at radius 1 is 1.06 bits per heavy atom. The minimum Gasteiger partial charge on any atom is -0.352 e. The molecule has 0 saturated heterocycles. The number of carbonyl (C=O) groups excluding carboxylic acids is 1. The predicted molar refractivity (Wildman–Crippen MR) is 126 cm³/mol. The number of aliphatic imine (C=N–C) groups is 1. The van der Waals surface area contributed by atoms with Crippen LogP contribution in [0.3, 0.4) is 0 Å². The molecule has 0 atom stereocenters. The molecule has 0 unspecified atom stereocenters. The Hall–Kier alpha value is -3.61. The van der Waals surface area contributed by atoms with Crippen LogP contribution in [-0.4, -0.2) is 35.2 Å². The molecule has 7 nitrogen and oxygen atoms in total. The van der Waals surface area contributed by atoms with Gasteiger partial charge in [-0.25, -0.2) is 4.68 Å². The Kier molecular flexibility index (Phi) is 7.43. The molecule has 1 aromatic heterocycles. The zero-order valence-corrected chi connectivity index (χ0v) is 18.6. The van der Waals surface area contributed by atoms with Gasteiger partial charge in [-0.3, -0.25) is 9.79 Å². The second-order valence-electron chi connectivity index (χ2n) is 7.35. The lowest BCUT2D eigenvalue weighted by Crippen LogP contribution is -2.41. The van der Waals surface area contributed by atoms with E-state index in [1.807, 2.05) is 61.0 Å². The maximum absolute atomic E-state index is 12.3. The first kappa shape index (κ1) is 22.1. The van der Waals surface area contributed by atoms with E-state index < -0.39 is 0 Å². The molecular formula is C24H30N6O. The van der Waals surface area contributed by atoms with Gasteiger partial charge in [0, 0.05) is 25.0 Å². The summed E-state index contributed by atoms with van der Waals surface area (Å²) < 4.78 is 1.94. The average Bonchev–Trinajstić information content (AvgIpc) is 3.12. The molecule has 0 aliphatic rings. The van der Waals surface area contributed by atoms with Crippen molar-refractivity contribution in [1.82, 2.24) is 20.4 Å². The highest BCUT2D eigenvalue weighted by molar-refractivity contribution is 5.95. The topological polar surface area (TPSA) is 83.3 Å². The molecule has 162 valence electrons. The van der Waals surface area contributed by atoms with Crippen molar-refractivity contribution in [2.45, 2.75) is 33.7 Å². The maximum Gasteiger partial charge on any atom is 0.243 e. The molecule has 1 heterocycles. The number of hydrogen-bond donors (Lipinski definition) is 3. The lowest BCUT2D eigenvalue weighted by Gasteiger charge is -2.15. The van der Waals surface area contributed by atoms with Gasteiger partial charge in [0.25, 0.3) is 0 Å².